The maximum Gasteiger partial charge on any atom is 0.246 e. The van der Waals surface area contributed by atoms with E-state index in [0.717, 1.165) is 34.5 Å². The van der Waals surface area contributed by atoms with E-state index >= 15 is 0 Å². The molecule has 1 aliphatic rings. The topological polar surface area (TPSA) is 75.9 Å². The van der Waals surface area contributed by atoms with Crippen LogP contribution in [0.3, 0.4) is 0 Å². The Hall–Kier alpha value is -3.01. The van der Waals surface area contributed by atoms with Crippen molar-refractivity contribution < 1.29 is 13.6 Å². The number of halogens is 2. The lowest BCUT2D eigenvalue weighted by atomic mass is 10.1. The number of carbonyl (C=O) groups is 1. The Balaban J connectivity index is 0.00000272. The number of aromatic nitrogens is 4. The van der Waals surface area contributed by atoms with E-state index in [1.54, 1.807) is 10.9 Å². The second-order valence-electron chi connectivity index (χ2n) is 7.55. The SMILES string of the molecule is Cc1nc(CCc2cn(Cc3cc(F)cc(F)c3)nn2)cc2c1NC(=O)[C@H](C)N2C.S. The number of hydrogen-bond donors (Lipinski definition) is 1. The normalized spacial score (nSPS) is 15.3. The number of aryl methyl sites for hydroxylation is 3. The van der Waals surface area contributed by atoms with Gasteiger partial charge in [0.2, 0.25) is 5.91 Å². The monoisotopic (exact) mass is 446 g/mol. The second kappa shape index (κ2) is 9.01. The van der Waals surface area contributed by atoms with Gasteiger partial charge in [0.25, 0.3) is 0 Å². The first-order valence-electron chi connectivity index (χ1n) is 9.68. The molecule has 3 heterocycles. The lowest BCUT2D eigenvalue weighted by Crippen LogP contribution is -2.44. The van der Waals surface area contributed by atoms with Crippen molar-refractivity contribution in [1.29, 1.82) is 0 Å². The number of nitrogens with one attached hydrogen (secondary N) is 1. The molecular weight excluding hydrogens is 422 g/mol. The average Bonchev–Trinajstić information content (AvgIpc) is 3.12. The van der Waals surface area contributed by atoms with Gasteiger partial charge in [-0.1, -0.05) is 5.21 Å². The number of likely N-dealkylation sites (N-methyl/N-ethyl adjacent to an activating group) is 1. The van der Waals surface area contributed by atoms with E-state index in [9.17, 15) is 13.6 Å². The summed E-state index contributed by atoms with van der Waals surface area (Å²) >= 11 is 0. The highest BCUT2D eigenvalue weighted by atomic mass is 32.1. The van der Waals surface area contributed by atoms with Gasteiger partial charge in [-0.15, -0.1) is 5.10 Å². The van der Waals surface area contributed by atoms with Gasteiger partial charge in [-0.25, -0.2) is 13.5 Å². The lowest BCUT2D eigenvalue weighted by Gasteiger charge is -2.34. The van der Waals surface area contributed by atoms with E-state index in [1.807, 2.05) is 31.9 Å². The molecule has 31 heavy (non-hydrogen) atoms. The minimum absolute atomic E-state index is 0. The molecule has 1 atom stereocenters. The number of nitrogens with zero attached hydrogens (tertiary/aromatic N) is 5. The highest BCUT2D eigenvalue weighted by Gasteiger charge is 2.28. The number of fused-ring (bicyclic) bond motifs is 1. The molecule has 0 bridgehead atoms. The molecule has 7 nitrogen and oxygen atoms in total. The van der Waals surface area contributed by atoms with Crippen molar-refractivity contribution in [3.8, 4) is 0 Å². The third-order valence-corrected chi connectivity index (χ3v) is 5.31. The summed E-state index contributed by atoms with van der Waals surface area (Å²) in [7, 11) is 1.90. The highest BCUT2D eigenvalue weighted by molar-refractivity contribution is 7.59. The molecule has 4 rings (SSSR count). The van der Waals surface area contributed by atoms with Gasteiger partial charge in [0, 0.05) is 25.0 Å². The zero-order chi connectivity index (χ0) is 21.4. The zero-order valence-corrected chi connectivity index (χ0v) is 18.5. The summed E-state index contributed by atoms with van der Waals surface area (Å²) < 4.78 is 28.3. The van der Waals surface area contributed by atoms with Crippen molar-refractivity contribution in [2.75, 3.05) is 17.3 Å². The van der Waals surface area contributed by atoms with Crippen molar-refractivity contribution in [3.05, 3.63) is 64.7 Å². The maximum absolute atomic E-state index is 13.4. The van der Waals surface area contributed by atoms with E-state index in [0.29, 0.717) is 18.4 Å². The smallest absolute Gasteiger partial charge is 0.246 e. The lowest BCUT2D eigenvalue weighted by molar-refractivity contribution is -0.117. The fraction of sp³-hybridized carbons (Fsp3) is 0.333. The molecule has 0 aliphatic carbocycles. The van der Waals surface area contributed by atoms with Crippen LogP contribution in [0.15, 0.2) is 30.5 Å². The Morgan fingerprint density at radius 2 is 1.77 bits per heavy atom. The molecule has 0 radical (unpaired) electrons. The zero-order valence-electron chi connectivity index (χ0n) is 17.5. The van der Waals surface area contributed by atoms with Crippen molar-refractivity contribution in [2.24, 2.45) is 0 Å². The molecule has 164 valence electrons. The first-order chi connectivity index (χ1) is 14.3. The van der Waals surface area contributed by atoms with Crippen LogP contribution in [0.5, 0.6) is 0 Å². The molecule has 0 unspecified atom stereocenters. The summed E-state index contributed by atoms with van der Waals surface area (Å²) in [5.74, 6) is -1.28. The van der Waals surface area contributed by atoms with Crippen LogP contribution in [0.4, 0.5) is 20.2 Å². The van der Waals surface area contributed by atoms with Crippen LogP contribution in [-0.4, -0.2) is 39.0 Å². The fourth-order valence-corrected chi connectivity index (χ4v) is 3.57. The van der Waals surface area contributed by atoms with Crippen LogP contribution in [0.1, 0.15) is 29.6 Å². The van der Waals surface area contributed by atoms with E-state index < -0.39 is 11.6 Å². The van der Waals surface area contributed by atoms with Gasteiger partial charge in [0.1, 0.15) is 17.7 Å². The molecule has 0 spiro atoms. The Labute approximate surface area is 185 Å². The third-order valence-electron chi connectivity index (χ3n) is 5.31. The van der Waals surface area contributed by atoms with E-state index in [4.69, 9.17) is 0 Å². The van der Waals surface area contributed by atoms with Gasteiger partial charge >= 0.3 is 0 Å². The number of pyridine rings is 1. The minimum atomic E-state index is -0.616. The van der Waals surface area contributed by atoms with E-state index in [2.05, 4.69) is 20.6 Å². The Kier molecular flexibility index (Phi) is 6.59. The molecule has 0 saturated heterocycles. The van der Waals surface area contributed by atoms with Crippen LogP contribution >= 0.6 is 13.5 Å². The Bertz CT molecular complexity index is 1100. The quantitative estimate of drug-likeness (QED) is 0.652. The molecule has 1 aromatic carbocycles. The number of amides is 1. The maximum atomic E-state index is 13.4. The summed E-state index contributed by atoms with van der Waals surface area (Å²) in [6.07, 6.45) is 3.04. The molecule has 1 aliphatic heterocycles. The van der Waals surface area contributed by atoms with Crippen molar-refractivity contribution in [1.82, 2.24) is 20.0 Å². The van der Waals surface area contributed by atoms with Crippen molar-refractivity contribution in [2.45, 2.75) is 39.3 Å². The van der Waals surface area contributed by atoms with Crippen LogP contribution in [-0.2, 0) is 24.2 Å². The van der Waals surface area contributed by atoms with Gasteiger partial charge in [-0.2, -0.15) is 13.5 Å². The predicted octanol–water partition coefficient (Wildman–Crippen LogP) is 2.98. The number of carbonyl (C=O) groups excluding carboxylic acids is 1. The Morgan fingerprint density at radius 1 is 1.10 bits per heavy atom. The average molecular weight is 447 g/mol. The molecule has 0 fully saturated rings. The van der Waals surface area contributed by atoms with E-state index in [1.165, 1.54) is 12.1 Å². The highest BCUT2D eigenvalue weighted by Crippen LogP contribution is 2.33. The van der Waals surface area contributed by atoms with Crippen LogP contribution in [0.2, 0.25) is 0 Å². The van der Waals surface area contributed by atoms with Crippen molar-refractivity contribution >= 4 is 30.8 Å². The molecule has 2 aromatic heterocycles. The summed E-state index contributed by atoms with van der Waals surface area (Å²) in [5.41, 5.74) is 4.60. The summed E-state index contributed by atoms with van der Waals surface area (Å²) in [6, 6.07) is 5.13. The third kappa shape index (κ3) is 4.84. The van der Waals surface area contributed by atoms with Gasteiger partial charge in [-0.3, -0.25) is 9.78 Å². The van der Waals surface area contributed by atoms with Crippen LogP contribution < -0.4 is 10.2 Å². The Morgan fingerprint density at radius 3 is 2.48 bits per heavy atom. The number of hydrogen-bond acceptors (Lipinski definition) is 5. The molecule has 3 aromatic rings. The van der Waals surface area contributed by atoms with Gasteiger partial charge < -0.3 is 10.2 Å². The van der Waals surface area contributed by atoms with Gasteiger partial charge in [0.05, 0.1) is 29.3 Å². The first-order valence-corrected chi connectivity index (χ1v) is 9.68. The number of anilines is 2. The standard InChI is InChI=1S/C21H22F2N6O.H2S/c1-12-20-19(28(3)13(2)21(30)25-20)9-17(24-12)4-5-18-11-29(27-26-18)10-14-6-15(22)8-16(23)7-14;/h6-9,11,13H,4-5,10H2,1-3H3,(H,25,30);1H2/t13-;/m0./s1. The molecule has 1 N–H and O–H groups in total. The largest absolute Gasteiger partial charge is 0.361 e. The van der Waals surface area contributed by atoms with Crippen molar-refractivity contribution in [3.63, 3.8) is 0 Å². The van der Waals surface area contributed by atoms with Gasteiger partial charge in [-0.05, 0) is 50.5 Å². The molecule has 10 heteroatoms. The number of benzene rings is 1. The van der Waals surface area contributed by atoms with Gasteiger partial charge in [0.15, 0.2) is 0 Å². The fourth-order valence-electron chi connectivity index (χ4n) is 3.57. The first kappa shape index (κ1) is 22.7. The molecule has 0 saturated carbocycles. The second-order valence-corrected chi connectivity index (χ2v) is 7.55. The van der Waals surface area contributed by atoms with Crippen LogP contribution in [0, 0.1) is 18.6 Å². The summed E-state index contributed by atoms with van der Waals surface area (Å²) in [4.78, 5) is 18.6. The summed E-state index contributed by atoms with van der Waals surface area (Å²) in [5, 5.41) is 11.1. The van der Waals surface area contributed by atoms with Crippen LogP contribution in [0.25, 0.3) is 0 Å². The predicted molar refractivity (Wildman–Crippen MR) is 119 cm³/mol. The number of rotatable bonds is 5. The minimum Gasteiger partial charge on any atom is -0.361 e. The molecule has 1 amide bonds. The van der Waals surface area contributed by atoms with E-state index in [-0.39, 0.29) is 32.0 Å². The summed E-state index contributed by atoms with van der Waals surface area (Å²) in [6.45, 7) is 3.97. The molecular formula is C21H24F2N6OS.